The number of fused-ring (bicyclic) bond motifs is 3. The first kappa shape index (κ1) is 37.3. The van der Waals surface area contributed by atoms with Crippen molar-refractivity contribution in [2.45, 2.75) is 116 Å². The van der Waals surface area contributed by atoms with Crippen molar-refractivity contribution in [3.8, 4) is 5.75 Å². The van der Waals surface area contributed by atoms with Crippen molar-refractivity contribution in [1.82, 2.24) is 4.90 Å². The third kappa shape index (κ3) is 4.55. The Balaban J connectivity index is 1.12. The summed E-state index contributed by atoms with van der Waals surface area (Å²) in [6.07, 6.45) is 13.2. The summed E-state index contributed by atoms with van der Waals surface area (Å²) < 4.78 is 11.6. The highest BCUT2D eigenvalue weighted by Gasteiger charge is 2.78. The molecule has 2 heterocycles. The van der Waals surface area contributed by atoms with Gasteiger partial charge in [0, 0.05) is 44.2 Å². The zero-order chi connectivity index (χ0) is 39.0. The van der Waals surface area contributed by atoms with E-state index in [1.807, 2.05) is 61.4 Å². The third-order valence-corrected chi connectivity index (χ3v) is 18.6. The number of carbonyl (C=O) groups is 3. The second-order valence-corrected chi connectivity index (χ2v) is 20.6. The molecular formula is C46H57NO7S. The first-order valence-corrected chi connectivity index (χ1v) is 21.4. The molecule has 10 atom stereocenters. The summed E-state index contributed by atoms with van der Waals surface area (Å²) in [7, 11) is 1.62. The molecule has 294 valence electrons. The summed E-state index contributed by atoms with van der Waals surface area (Å²) in [5.74, 6) is 0.291. The Hall–Kier alpha value is -3.27. The molecule has 2 N–H and O–H groups in total. The molecule has 0 radical (unpaired) electrons. The highest BCUT2D eigenvalue weighted by molar-refractivity contribution is 7.09. The third-order valence-electron chi connectivity index (χ3n) is 17.7. The topological polar surface area (TPSA) is 113 Å². The second kappa shape index (κ2) is 11.9. The summed E-state index contributed by atoms with van der Waals surface area (Å²) in [6.45, 7) is 11.1. The second-order valence-electron chi connectivity index (χ2n) is 19.6. The maximum atomic E-state index is 15.2. The molecule has 7 aliphatic carbocycles. The quantitative estimate of drug-likeness (QED) is 0.153. The van der Waals surface area contributed by atoms with E-state index >= 15 is 4.79 Å². The smallest absolute Gasteiger partial charge is 0.313 e. The number of Topliss-reactive ketones (excluding diaryl/α,β-unsaturated/α-hetero) is 1. The summed E-state index contributed by atoms with van der Waals surface area (Å²) in [5, 5.41) is 26.5. The number of carbonyl (C=O) groups excluding carboxylic acids is 3. The molecule has 1 aromatic carbocycles. The number of hydrogen-bond donors (Lipinski definition) is 2. The number of hydrogen-bond acceptors (Lipinski definition) is 8. The molecule has 1 aromatic heterocycles. The first-order valence-electron chi connectivity index (χ1n) is 20.5. The van der Waals surface area contributed by atoms with Gasteiger partial charge in [-0.05, 0) is 124 Å². The van der Waals surface area contributed by atoms with Crippen molar-refractivity contribution in [3.63, 3.8) is 0 Å². The minimum atomic E-state index is -1.28. The maximum absolute atomic E-state index is 15.2. The minimum absolute atomic E-state index is 0.000374. The number of methoxy groups -OCH3 is 1. The molecular weight excluding hydrogens is 711 g/mol. The average Bonchev–Trinajstić information content (AvgIpc) is 3.87. The number of esters is 1. The van der Waals surface area contributed by atoms with Gasteiger partial charge in [-0.1, -0.05) is 52.0 Å². The van der Waals surface area contributed by atoms with Crippen molar-refractivity contribution in [2.24, 2.45) is 44.3 Å². The van der Waals surface area contributed by atoms with Crippen LogP contribution in [0.15, 0.2) is 65.6 Å². The summed E-state index contributed by atoms with van der Waals surface area (Å²) >= 11 is 1.66. The highest BCUT2D eigenvalue weighted by Crippen LogP contribution is 2.78. The maximum Gasteiger partial charge on any atom is 0.313 e. The predicted octanol–water partition coefficient (Wildman–Crippen LogP) is 7.72. The number of nitrogens with zero attached hydrogens (tertiary/aromatic N) is 1. The lowest BCUT2D eigenvalue weighted by Crippen LogP contribution is -2.68. The number of aliphatic hydroxyl groups is 2. The molecule has 9 heteroatoms. The van der Waals surface area contributed by atoms with Gasteiger partial charge >= 0.3 is 5.97 Å². The molecule has 2 spiro atoms. The molecule has 1 unspecified atom stereocenters. The van der Waals surface area contributed by atoms with Gasteiger partial charge in [-0.15, -0.1) is 11.3 Å². The molecule has 1 amide bonds. The van der Waals surface area contributed by atoms with Crippen molar-refractivity contribution in [1.29, 1.82) is 0 Å². The van der Waals surface area contributed by atoms with Gasteiger partial charge in [-0.3, -0.25) is 14.4 Å². The van der Waals surface area contributed by atoms with E-state index in [1.54, 1.807) is 18.4 Å². The van der Waals surface area contributed by atoms with E-state index in [4.69, 9.17) is 9.47 Å². The van der Waals surface area contributed by atoms with Gasteiger partial charge in [0.05, 0.1) is 30.8 Å². The van der Waals surface area contributed by atoms with Crippen molar-refractivity contribution in [3.05, 3.63) is 76.0 Å². The largest absolute Gasteiger partial charge is 0.497 e. The number of amides is 1. The molecule has 8 aliphatic rings. The van der Waals surface area contributed by atoms with Crippen LogP contribution in [0.1, 0.15) is 108 Å². The number of rotatable bonds is 9. The van der Waals surface area contributed by atoms with E-state index < -0.39 is 44.4 Å². The number of thiophene rings is 1. The van der Waals surface area contributed by atoms with Crippen LogP contribution >= 0.6 is 11.3 Å². The first-order chi connectivity index (χ1) is 26.0. The summed E-state index contributed by atoms with van der Waals surface area (Å²) in [4.78, 5) is 46.5. The fraction of sp³-hybridized carbons (Fsp3) is 0.630. The molecule has 1 saturated heterocycles. The van der Waals surface area contributed by atoms with Crippen LogP contribution in [-0.2, 0) is 20.7 Å². The zero-order valence-electron chi connectivity index (χ0n) is 33.3. The molecule has 2 aromatic rings. The monoisotopic (exact) mass is 767 g/mol. The van der Waals surface area contributed by atoms with E-state index in [1.165, 1.54) is 0 Å². The van der Waals surface area contributed by atoms with Crippen molar-refractivity contribution < 1.29 is 34.1 Å². The van der Waals surface area contributed by atoms with Crippen molar-refractivity contribution in [2.75, 3.05) is 20.2 Å². The van der Waals surface area contributed by atoms with E-state index in [0.717, 1.165) is 36.1 Å². The standard InChI is InChI=1S/C46H57NO7S/c1-39(2)42(5)20-23-46(39,54-38(42)51)37(50)47(24-16-32-8-7-25-55-32)28-44(52)19-15-35-41(44,4)18-14-34-40(3)17-13-30(48)26-43(40)21-22-45(34,35)33(27-43)36(49)29-9-11-31(53-6)12-10-29/h7-12,21-22,25,27,30,34-35,48,52H,13-20,23-24,26,28H2,1-6H3/t30?,34-,35-,40-,41+,42+,43+,44-,45-,46-/m1/s1. The number of ketones is 1. The lowest BCUT2D eigenvalue weighted by Gasteiger charge is -2.71. The molecule has 55 heavy (non-hydrogen) atoms. The average molecular weight is 768 g/mol. The Bertz CT molecular complexity index is 2000. The van der Waals surface area contributed by atoms with Gasteiger partial charge in [0.25, 0.3) is 5.91 Å². The Labute approximate surface area is 329 Å². The van der Waals surface area contributed by atoms with Crippen LogP contribution in [0.25, 0.3) is 0 Å². The lowest BCUT2D eigenvalue weighted by atomic mass is 9.32. The van der Waals surface area contributed by atoms with Crippen LogP contribution in [0.5, 0.6) is 5.75 Å². The van der Waals surface area contributed by atoms with Crippen LogP contribution in [0.3, 0.4) is 0 Å². The normalized spacial score (nSPS) is 42.9. The number of benzene rings is 1. The van der Waals surface area contributed by atoms with E-state index in [9.17, 15) is 19.8 Å². The number of ether oxygens (including phenoxy) is 2. The molecule has 4 saturated carbocycles. The Kier molecular flexibility index (Phi) is 8.07. The molecule has 4 bridgehead atoms. The van der Waals surface area contributed by atoms with E-state index in [-0.39, 0.29) is 41.5 Å². The van der Waals surface area contributed by atoms with Gasteiger partial charge < -0.3 is 24.6 Å². The number of allylic oxidation sites excluding steroid dienone is 4. The van der Waals surface area contributed by atoms with Crippen LogP contribution in [-0.4, -0.2) is 70.3 Å². The summed E-state index contributed by atoms with van der Waals surface area (Å²) in [6, 6.07) is 11.5. The predicted molar refractivity (Wildman–Crippen MR) is 210 cm³/mol. The van der Waals surface area contributed by atoms with Crippen molar-refractivity contribution >= 4 is 29.0 Å². The number of aliphatic hydroxyl groups excluding tert-OH is 1. The molecule has 5 fully saturated rings. The van der Waals surface area contributed by atoms with Gasteiger partial charge in [0.1, 0.15) is 5.75 Å². The SMILES string of the molecule is COc1ccc(C(=O)C2=C[C@@]34C=C[C@@]25[C@@H]2CC[C@@](O)(CN(CCc6cccs6)C(=O)[C@@]67CC[C@@](C)(C(=O)O6)C7(C)C)[C@@]2(C)CC[C@@H]5[C@@]3(C)CCC(O)C4)cc1. The fourth-order valence-electron chi connectivity index (χ4n) is 13.7. The summed E-state index contributed by atoms with van der Waals surface area (Å²) in [5.41, 5.74) is -4.38. The highest BCUT2D eigenvalue weighted by atomic mass is 32.1. The lowest BCUT2D eigenvalue weighted by molar-refractivity contribution is -0.187. The zero-order valence-corrected chi connectivity index (χ0v) is 34.1. The Morgan fingerprint density at radius 2 is 1.64 bits per heavy atom. The Morgan fingerprint density at radius 1 is 0.927 bits per heavy atom. The van der Waals surface area contributed by atoms with Gasteiger partial charge in [-0.2, -0.15) is 0 Å². The van der Waals surface area contributed by atoms with Gasteiger partial charge in [0.15, 0.2) is 11.4 Å². The Morgan fingerprint density at radius 3 is 2.29 bits per heavy atom. The molecule has 10 rings (SSSR count). The molecule has 8 nitrogen and oxygen atoms in total. The van der Waals surface area contributed by atoms with E-state index in [0.29, 0.717) is 56.4 Å². The van der Waals surface area contributed by atoms with Gasteiger partial charge in [0.2, 0.25) is 0 Å². The fourth-order valence-corrected chi connectivity index (χ4v) is 14.4. The van der Waals surface area contributed by atoms with Crippen LogP contribution < -0.4 is 4.74 Å². The van der Waals surface area contributed by atoms with Crippen LogP contribution in [0.2, 0.25) is 0 Å². The van der Waals surface area contributed by atoms with E-state index in [2.05, 4.69) is 38.1 Å². The van der Waals surface area contributed by atoms with Crippen LogP contribution in [0.4, 0.5) is 0 Å². The van der Waals surface area contributed by atoms with Gasteiger partial charge in [-0.25, -0.2) is 0 Å². The minimum Gasteiger partial charge on any atom is -0.497 e. The van der Waals surface area contributed by atoms with Crippen LogP contribution in [0, 0.1) is 44.3 Å². The molecule has 1 aliphatic heterocycles.